The molecular formula is C95H120N12OSSi. The van der Waals surface area contributed by atoms with Crippen LogP contribution in [0.3, 0.4) is 0 Å². The van der Waals surface area contributed by atoms with Crippen LogP contribution < -0.4 is 25.0 Å². The van der Waals surface area contributed by atoms with E-state index in [0.29, 0.717) is 0 Å². The Bertz CT molecular complexity index is 5350. The molecule has 0 amide bonds. The number of ether oxygens (including phenoxy) is 1. The third-order valence-corrected chi connectivity index (χ3v) is 27.4. The molecule has 10 heterocycles. The summed E-state index contributed by atoms with van der Waals surface area (Å²) in [6.07, 6.45) is 8.33. The van der Waals surface area contributed by atoms with E-state index in [0.717, 1.165) is 17.2 Å². The number of nitrogens with zero attached hydrogens (tertiary/aromatic N) is 12. The first-order valence-corrected chi connectivity index (χ1v) is 42.6. The summed E-state index contributed by atoms with van der Waals surface area (Å²) >= 11 is 1.77. The monoisotopic (exact) mass is 1500 g/mol. The van der Waals surface area contributed by atoms with Gasteiger partial charge in [0.05, 0.1) is 43.8 Å². The number of rotatable bonds is 6. The van der Waals surface area contributed by atoms with Gasteiger partial charge in [-0.05, 0) is 185 Å². The molecule has 0 saturated carbocycles. The van der Waals surface area contributed by atoms with Crippen LogP contribution in [0.15, 0.2) is 229 Å². The lowest BCUT2D eigenvalue weighted by Gasteiger charge is -2.54. The van der Waals surface area contributed by atoms with Gasteiger partial charge in [0.25, 0.3) is 0 Å². The molecule has 2 aliphatic heterocycles. The first-order chi connectivity index (χ1) is 51.9. The average Bonchev–Trinajstić information content (AvgIpc) is 1.57. The van der Waals surface area contributed by atoms with Gasteiger partial charge in [-0.25, -0.2) is 0 Å². The number of anilines is 4. The number of aromatic nitrogens is 10. The molecule has 0 spiro atoms. The summed E-state index contributed by atoms with van der Waals surface area (Å²) in [6.45, 7) is 40.2. The molecule has 576 valence electrons. The van der Waals surface area contributed by atoms with Gasteiger partial charge in [-0.15, -0.1) is 0 Å². The summed E-state index contributed by atoms with van der Waals surface area (Å²) in [5, 5.41) is 14.3. The number of hydrogen-bond donors (Lipinski definition) is 0. The zero-order valence-corrected chi connectivity index (χ0v) is 72.4. The fraction of sp³-hybridized carbons (Fsp3) is 0.347. The lowest BCUT2D eigenvalue weighted by atomic mass is 9.79. The highest BCUT2D eigenvalue weighted by Gasteiger charge is 2.42. The molecule has 0 radical (unpaired) electrons. The van der Waals surface area contributed by atoms with Crippen molar-refractivity contribution in [1.82, 2.24) is 47.0 Å². The minimum Gasteiger partial charge on any atom is -0.453 e. The summed E-state index contributed by atoms with van der Waals surface area (Å²) in [5.41, 5.74) is 25.5. The van der Waals surface area contributed by atoms with Gasteiger partial charge in [0.15, 0.2) is 5.75 Å². The van der Waals surface area contributed by atoms with E-state index >= 15 is 0 Å². The van der Waals surface area contributed by atoms with Crippen LogP contribution in [0.2, 0.25) is 13.1 Å². The second-order valence-corrected chi connectivity index (χ2v) is 39.0. The van der Waals surface area contributed by atoms with E-state index in [-0.39, 0.29) is 21.9 Å². The summed E-state index contributed by atoms with van der Waals surface area (Å²) < 4.78 is 23.1. The lowest BCUT2D eigenvalue weighted by Crippen LogP contribution is -2.58. The van der Waals surface area contributed by atoms with Crippen LogP contribution in [0.25, 0.3) is 33.1 Å². The minimum absolute atomic E-state index is 0.134. The molecule has 0 bridgehead atoms. The van der Waals surface area contributed by atoms with E-state index in [2.05, 4.69) is 402 Å². The van der Waals surface area contributed by atoms with Crippen molar-refractivity contribution in [1.29, 1.82) is 0 Å². The Labute approximate surface area is 661 Å². The van der Waals surface area contributed by atoms with Gasteiger partial charge in [0.1, 0.15) is 18.8 Å². The highest BCUT2D eigenvalue weighted by Crippen LogP contribution is 2.50. The Morgan fingerprint density at radius 1 is 0.455 bits per heavy atom. The number of fused-ring (bicyclic) bond motifs is 8. The third kappa shape index (κ3) is 16.9. The van der Waals surface area contributed by atoms with E-state index in [1.165, 1.54) is 147 Å². The topological polar surface area (TPSA) is 80.9 Å². The predicted molar refractivity (Wildman–Crippen MR) is 470 cm³/mol. The number of piperidine rings is 1. The van der Waals surface area contributed by atoms with E-state index in [9.17, 15) is 0 Å². The molecule has 0 unspecified atom stereocenters. The maximum atomic E-state index is 5.84. The smallest absolute Gasteiger partial charge is 0.159 e. The first-order valence-electron chi connectivity index (χ1n) is 38.8. The van der Waals surface area contributed by atoms with Crippen molar-refractivity contribution < 1.29 is 4.74 Å². The van der Waals surface area contributed by atoms with Crippen LogP contribution in [0.5, 0.6) is 11.5 Å². The van der Waals surface area contributed by atoms with Crippen molar-refractivity contribution >= 4 is 75.0 Å². The number of benzene rings is 6. The van der Waals surface area contributed by atoms with Crippen molar-refractivity contribution in [3.05, 3.63) is 275 Å². The maximum Gasteiger partial charge on any atom is 0.159 e. The van der Waals surface area contributed by atoms with Crippen LogP contribution in [0.1, 0.15) is 138 Å². The molecule has 110 heavy (non-hydrogen) atoms. The van der Waals surface area contributed by atoms with E-state index in [1.807, 2.05) is 53.8 Å². The van der Waals surface area contributed by atoms with Gasteiger partial charge in [-0.3, -0.25) is 9.36 Å². The Balaban J connectivity index is 0.000000128. The molecule has 14 aromatic rings. The molecule has 3 aliphatic rings. The van der Waals surface area contributed by atoms with Crippen molar-refractivity contribution in [2.24, 2.45) is 56.4 Å². The summed E-state index contributed by atoms with van der Waals surface area (Å²) in [6, 6.07) is 72.6. The fourth-order valence-electron chi connectivity index (χ4n) is 15.8. The molecule has 1 saturated heterocycles. The average molecular weight is 1510 g/mol. The lowest BCUT2D eigenvalue weighted by molar-refractivity contribution is 0.244. The molecule has 1 aliphatic carbocycles. The molecule has 6 aromatic carbocycles. The number of hydrogen-bond acceptors (Lipinski definition) is 6. The highest BCUT2D eigenvalue weighted by atomic mass is 32.2. The minimum atomic E-state index is -1.60. The van der Waals surface area contributed by atoms with Crippen LogP contribution >= 0.6 is 11.8 Å². The highest BCUT2D eigenvalue weighted by molar-refractivity contribution is 7.99. The molecule has 1 fully saturated rings. The second kappa shape index (κ2) is 32.5. The number of aryl methyl sites for hydroxylation is 13. The van der Waals surface area contributed by atoms with Gasteiger partial charge in [-0.2, -0.15) is 10.2 Å². The largest absolute Gasteiger partial charge is 0.453 e. The zero-order chi connectivity index (χ0) is 79.7. The van der Waals surface area contributed by atoms with Crippen LogP contribution in [0, 0.1) is 48.5 Å². The van der Waals surface area contributed by atoms with E-state index in [4.69, 9.17) is 4.74 Å². The molecule has 13 nitrogen and oxygen atoms in total. The van der Waals surface area contributed by atoms with Crippen molar-refractivity contribution in [3.63, 3.8) is 0 Å². The van der Waals surface area contributed by atoms with E-state index < -0.39 is 8.07 Å². The molecular weight excluding hydrogens is 1390 g/mol. The first kappa shape index (κ1) is 80.9. The Morgan fingerprint density at radius 2 is 0.982 bits per heavy atom. The summed E-state index contributed by atoms with van der Waals surface area (Å²) in [5.74, 6) is 1.93. The maximum absolute atomic E-state index is 5.84. The predicted octanol–water partition coefficient (Wildman–Crippen LogP) is 22.5. The second-order valence-electron chi connectivity index (χ2n) is 33.6. The summed E-state index contributed by atoms with van der Waals surface area (Å²) in [7, 11) is 15.1. The quantitative estimate of drug-likeness (QED) is 0.154. The third-order valence-electron chi connectivity index (χ3n) is 22.9. The number of para-hydroxylation sites is 4. The van der Waals surface area contributed by atoms with Crippen molar-refractivity contribution in [3.8, 4) is 22.6 Å². The van der Waals surface area contributed by atoms with Gasteiger partial charge in [0.2, 0.25) is 0 Å². The van der Waals surface area contributed by atoms with Crippen molar-refractivity contribution in [2.45, 2.75) is 175 Å². The van der Waals surface area contributed by atoms with Crippen LogP contribution in [-0.2, 0) is 67.2 Å². The molecule has 17 rings (SSSR count). The van der Waals surface area contributed by atoms with Gasteiger partial charge in [-0.1, -0.05) is 186 Å². The fourth-order valence-corrected chi connectivity index (χ4v) is 19.2. The van der Waals surface area contributed by atoms with E-state index in [1.54, 1.807) is 11.8 Å². The Morgan fingerprint density at radius 3 is 1.54 bits per heavy atom. The van der Waals surface area contributed by atoms with Gasteiger partial charge >= 0.3 is 0 Å². The Hall–Kier alpha value is -10.1. The molecule has 8 aromatic heterocycles. The van der Waals surface area contributed by atoms with Crippen LogP contribution in [-0.4, -0.2) is 66.1 Å². The normalized spacial score (nSPS) is 14.0. The van der Waals surface area contributed by atoms with Gasteiger partial charge in [0, 0.05) is 165 Å². The van der Waals surface area contributed by atoms with Crippen molar-refractivity contribution in [2.75, 3.05) is 9.80 Å². The zero-order valence-electron chi connectivity index (χ0n) is 70.6. The van der Waals surface area contributed by atoms with Crippen LogP contribution in [0.4, 0.5) is 22.7 Å². The SMILES string of the molecule is Cc1cc(C(C)(C)C)nn1C.Cc1cc(N(c2ccccc2)c2ccccc2)cn1C.Cc1cc(N2C(C)(C)CCCC2(C)C)cn1C.Cc1cc([Si](C)(C)c2ccccc2)nn1C.Cc1cc2c(c3ccccc3n2C)n1C.Cc1cc2c(n1C)C(C)(C)c1ccccc1-2.Cc1cc2c(n1C)Sc1ccccc1O2. The summed E-state index contributed by atoms with van der Waals surface area (Å²) in [4.78, 5) is 6.08. The molecule has 0 atom stereocenters. The van der Waals surface area contributed by atoms with Gasteiger partial charge < -0.3 is 41.9 Å². The molecule has 15 heteroatoms. The Kier molecular flexibility index (Phi) is 23.9. The standard InChI is InChI=1S/C18H18N2.C15H26N2.C15H17N.C13H18N2Si.C13H14N2.C12H11NOS.C9H16N2/c1-15-13-18(14-19(15)2)20(16-9-5-3-6-10-16)17-11-7-4-8-12-17;1-12-10-13(11-16(12)6)17-14(2,3)8-7-9-15(17,4)5;1-10-9-12-11-7-5-6-8-13(11)15(2,3)14(12)16(10)4;1-11-10-13(14-15(11)2)16(3,4)12-8-6-5-7-9-12;1-9-8-12-13(14(9)2)10-6-4-5-7-11(10)15(12)3;1-8-7-10-12(13(8)2)15-11-6-4-3-5-9(11)14-10;1-7-6-8(9(2,3)4)10-11(7)5/h3-14H,1-2H3;10-11H,7-9H2,1-6H3;5-9H,1-4H3;5-10H,1-4H3;4-8H,1-3H3;3-7H,1-2H3;6H,1-5H3. The molecule has 0 N–H and O–H groups in total.